The molecule has 0 aliphatic rings. The van der Waals surface area contributed by atoms with Crippen molar-refractivity contribution in [3.63, 3.8) is 0 Å². The van der Waals surface area contributed by atoms with Crippen LogP contribution in [0.4, 0.5) is 0 Å². The molecular formula is C17H25ClIN5O. The van der Waals surface area contributed by atoms with Crippen LogP contribution in [0.2, 0.25) is 5.02 Å². The third kappa shape index (κ3) is 6.81. The summed E-state index contributed by atoms with van der Waals surface area (Å²) in [7, 11) is 1.76. The molecule has 25 heavy (non-hydrogen) atoms. The SMILES string of the molecule is CN=C(NCCc1nc(-c2ccc(Cl)cc2)no1)NC(C)C(C)C.I. The van der Waals surface area contributed by atoms with Crippen LogP contribution in [-0.2, 0) is 6.42 Å². The summed E-state index contributed by atoms with van der Waals surface area (Å²) in [4.78, 5) is 8.62. The van der Waals surface area contributed by atoms with Crippen molar-refractivity contribution >= 4 is 41.5 Å². The third-order valence-corrected chi connectivity index (χ3v) is 4.04. The van der Waals surface area contributed by atoms with E-state index in [0.29, 0.717) is 41.7 Å². The van der Waals surface area contributed by atoms with Crippen molar-refractivity contribution < 1.29 is 4.52 Å². The van der Waals surface area contributed by atoms with Crippen LogP contribution < -0.4 is 10.6 Å². The van der Waals surface area contributed by atoms with E-state index in [-0.39, 0.29) is 24.0 Å². The smallest absolute Gasteiger partial charge is 0.228 e. The van der Waals surface area contributed by atoms with Gasteiger partial charge in [-0.25, -0.2) is 0 Å². The van der Waals surface area contributed by atoms with Gasteiger partial charge in [-0.1, -0.05) is 30.6 Å². The summed E-state index contributed by atoms with van der Waals surface area (Å²) >= 11 is 5.88. The van der Waals surface area contributed by atoms with E-state index in [9.17, 15) is 0 Å². The Hall–Kier alpha value is -1.35. The molecule has 2 aromatic rings. The molecule has 0 spiro atoms. The zero-order valence-corrected chi connectivity index (χ0v) is 18.0. The fourth-order valence-corrected chi connectivity index (χ4v) is 2.06. The second-order valence-corrected chi connectivity index (χ2v) is 6.38. The van der Waals surface area contributed by atoms with Crippen LogP contribution in [-0.4, -0.2) is 35.7 Å². The van der Waals surface area contributed by atoms with Gasteiger partial charge >= 0.3 is 0 Å². The van der Waals surface area contributed by atoms with Gasteiger partial charge in [-0.05, 0) is 37.1 Å². The first kappa shape index (κ1) is 21.7. The quantitative estimate of drug-likeness (QED) is 0.376. The molecule has 0 bridgehead atoms. The van der Waals surface area contributed by atoms with E-state index in [2.05, 4.69) is 46.5 Å². The second-order valence-electron chi connectivity index (χ2n) is 5.94. The molecule has 0 fully saturated rings. The summed E-state index contributed by atoms with van der Waals surface area (Å²) in [6.07, 6.45) is 0.622. The van der Waals surface area contributed by atoms with Crippen molar-refractivity contribution in [1.29, 1.82) is 0 Å². The van der Waals surface area contributed by atoms with E-state index in [1.807, 2.05) is 12.1 Å². The molecule has 0 saturated carbocycles. The summed E-state index contributed by atoms with van der Waals surface area (Å²) in [5.74, 6) is 2.45. The van der Waals surface area contributed by atoms with Gasteiger partial charge in [-0.15, -0.1) is 24.0 Å². The van der Waals surface area contributed by atoms with Gasteiger partial charge in [0.15, 0.2) is 5.96 Å². The number of guanidine groups is 1. The lowest BCUT2D eigenvalue weighted by atomic mass is 10.1. The van der Waals surface area contributed by atoms with Crippen molar-refractivity contribution in [3.8, 4) is 11.4 Å². The Bertz CT molecular complexity index is 672. The summed E-state index contributed by atoms with van der Waals surface area (Å²) in [5.41, 5.74) is 0.880. The molecule has 2 rings (SSSR count). The summed E-state index contributed by atoms with van der Waals surface area (Å²) in [6, 6.07) is 7.69. The zero-order chi connectivity index (χ0) is 17.5. The highest BCUT2D eigenvalue weighted by Crippen LogP contribution is 2.18. The van der Waals surface area contributed by atoms with Crippen molar-refractivity contribution in [2.75, 3.05) is 13.6 Å². The molecular weight excluding hydrogens is 453 g/mol. The highest BCUT2D eigenvalue weighted by atomic mass is 127. The minimum absolute atomic E-state index is 0. The molecule has 8 heteroatoms. The lowest BCUT2D eigenvalue weighted by Crippen LogP contribution is -2.44. The molecule has 0 amide bonds. The largest absolute Gasteiger partial charge is 0.356 e. The van der Waals surface area contributed by atoms with E-state index in [1.54, 1.807) is 19.2 Å². The predicted molar refractivity (Wildman–Crippen MR) is 113 cm³/mol. The molecule has 1 aromatic heterocycles. The lowest BCUT2D eigenvalue weighted by molar-refractivity contribution is 0.378. The van der Waals surface area contributed by atoms with E-state index in [0.717, 1.165) is 11.5 Å². The number of rotatable bonds is 6. The number of benzene rings is 1. The zero-order valence-electron chi connectivity index (χ0n) is 14.9. The third-order valence-electron chi connectivity index (χ3n) is 3.79. The number of hydrogen-bond acceptors (Lipinski definition) is 4. The van der Waals surface area contributed by atoms with Gasteiger partial charge in [-0.3, -0.25) is 4.99 Å². The lowest BCUT2D eigenvalue weighted by Gasteiger charge is -2.20. The van der Waals surface area contributed by atoms with Gasteiger partial charge < -0.3 is 15.2 Å². The van der Waals surface area contributed by atoms with Crippen LogP contribution in [0, 0.1) is 5.92 Å². The maximum Gasteiger partial charge on any atom is 0.228 e. The molecule has 1 atom stereocenters. The summed E-state index contributed by atoms with van der Waals surface area (Å²) < 4.78 is 5.29. The standard InChI is InChI=1S/C17H24ClN5O.HI/c1-11(2)12(3)21-17(19-4)20-10-9-15-22-16(23-24-15)13-5-7-14(18)8-6-13;/h5-8,11-12H,9-10H2,1-4H3,(H2,19,20,21);1H. The topological polar surface area (TPSA) is 75.3 Å². The molecule has 0 saturated heterocycles. The van der Waals surface area contributed by atoms with Crippen LogP contribution in [0.25, 0.3) is 11.4 Å². The highest BCUT2D eigenvalue weighted by Gasteiger charge is 2.11. The number of aromatic nitrogens is 2. The Balaban J connectivity index is 0.00000312. The Kier molecular flexibility index (Phi) is 9.20. The molecule has 0 radical (unpaired) electrons. The monoisotopic (exact) mass is 477 g/mol. The van der Waals surface area contributed by atoms with E-state index in [4.69, 9.17) is 16.1 Å². The number of aliphatic imine (C=N–C) groups is 1. The molecule has 1 unspecified atom stereocenters. The van der Waals surface area contributed by atoms with Crippen LogP contribution in [0.3, 0.4) is 0 Å². The maximum absolute atomic E-state index is 5.88. The molecule has 138 valence electrons. The average molecular weight is 478 g/mol. The molecule has 0 aliphatic carbocycles. The fourth-order valence-electron chi connectivity index (χ4n) is 1.94. The molecule has 0 aliphatic heterocycles. The van der Waals surface area contributed by atoms with Gasteiger partial charge in [0.1, 0.15) is 0 Å². The molecule has 6 nitrogen and oxygen atoms in total. The normalized spacial score (nSPS) is 12.6. The minimum atomic E-state index is 0. The number of nitrogens with zero attached hydrogens (tertiary/aromatic N) is 3. The first-order valence-corrected chi connectivity index (χ1v) is 8.43. The highest BCUT2D eigenvalue weighted by molar-refractivity contribution is 14.0. The fraction of sp³-hybridized carbons (Fsp3) is 0.471. The maximum atomic E-state index is 5.88. The predicted octanol–water partition coefficient (Wildman–Crippen LogP) is 3.76. The van der Waals surface area contributed by atoms with Crippen molar-refractivity contribution in [1.82, 2.24) is 20.8 Å². The number of nitrogens with one attached hydrogen (secondary N) is 2. The molecule has 1 heterocycles. The van der Waals surface area contributed by atoms with Crippen LogP contribution in [0.5, 0.6) is 0 Å². The Labute approximate surface area is 170 Å². The van der Waals surface area contributed by atoms with E-state index >= 15 is 0 Å². The average Bonchev–Trinajstić information content (AvgIpc) is 3.03. The summed E-state index contributed by atoms with van der Waals surface area (Å²) in [5, 5.41) is 11.3. The van der Waals surface area contributed by atoms with E-state index < -0.39 is 0 Å². The van der Waals surface area contributed by atoms with Crippen molar-refractivity contribution in [2.45, 2.75) is 33.2 Å². The van der Waals surface area contributed by atoms with Crippen LogP contribution in [0.1, 0.15) is 26.7 Å². The Morgan fingerprint density at radius 3 is 2.52 bits per heavy atom. The summed E-state index contributed by atoms with van der Waals surface area (Å²) in [6.45, 7) is 7.13. The van der Waals surface area contributed by atoms with Gasteiger partial charge in [0.25, 0.3) is 0 Å². The van der Waals surface area contributed by atoms with Crippen LogP contribution >= 0.6 is 35.6 Å². The van der Waals surface area contributed by atoms with Gasteiger partial charge in [-0.2, -0.15) is 4.98 Å². The Morgan fingerprint density at radius 2 is 1.92 bits per heavy atom. The number of hydrogen-bond donors (Lipinski definition) is 2. The molecule has 2 N–H and O–H groups in total. The first-order valence-electron chi connectivity index (χ1n) is 8.05. The molecule has 1 aromatic carbocycles. The minimum Gasteiger partial charge on any atom is -0.356 e. The Morgan fingerprint density at radius 1 is 1.24 bits per heavy atom. The second kappa shape index (κ2) is 10.6. The first-order chi connectivity index (χ1) is 11.5. The van der Waals surface area contributed by atoms with Crippen molar-refractivity contribution in [2.24, 2.45) is 10.9 Å². The van der Waals surface area contributed by atoms with Gasteiger partial charge in [0.05, 0.1) is 0 Å². The van der Waals surface area contributed by atoms with Gasteiger partial charge in [0.2, 0.25) is 11.7 Å². The van der Waals surface area contributed by atoms with E-state index in [1.165, 1.54) is 0 Å². The van der Waals surface area contributed by atoms with Crippen molar-refractivity contribution in [3.05, 3.63) is 35.2 Å². The number of halogens is 2. The van der Waals surface area contributed by atoms with Gasteiger partial charge in [0, 0.05) is 36.6 Å². The van der Waals surface area contributed by atoms with Crippen LogP contribution in [0.15, 0.2) is 33.8 Å².